The molecule has 3 aliphatic rings. The fourth-order valence-corrected chi connectivity index (χ4v) is 6.76. The largest absolute Gasteiger partial charge is 0.341 e. The normalized spacial score (nSPS) is 25.2. The van der Waals surface area contributed by atoms with Gasteiger partial charge >= 0.3 is 0 Å². The van der Waals surface area contributed by atoms with E-state index >= 15 is 0 Å². The second-order valence-corrected chi connectivity index (χ2v) is 11.1. The highest BCUT2D eigenvalue weighted by molar-refractivity contribution is 7.88. The van der Waals surface area contributed by atoms with Crippen molar-refractivity contribution < 1.29 is 13.2 Å². The van der Waals surface area contributed by atoms with Crippen LogP contribution in [0.3, 0.4) is 0 Å². The van der Waals surface area contributed by atoms with Crippen molar-refractivity contribution in [1.82, 2.24) is 19.0 Å². The van der Waals surface area contributed by atoms with E-state index in [1.54, 1.807) is 4.31 Å². The highest BCUT2D eigenvalue weighted by atomic mass is 32.2. The number of piperazine rings is 1. The molecule has 3 fully saturated rings. The van der Waals surface area contributed by atoms with Crippen molar-refractivity contribution in [1.29, 1.82) is 0 Å². The summed E-state index contributed by atoms with van der Waals surface area (Å²) in [6, 6.07) is 9.79. The van der Waals surface area contributed by atoms with E-state index in [1.165, 1.54) is 0 Å². The van der Waals surface area contributed by atoms with Crippen molar-refractivity contribution in [3.63, 3.8) is 0 Å². The molecular weight excluding hydrogens is 412 g/mol. The van der Waals surface area contributed by atoms with Crippen LogP contribution < -0.4 is 0 Å². The number of amides is 1. The average Bonchev–Trinajstić information content (AvgIpc) is 3.29. The maximum absolute atomic E-state index is 13.1. The van der Waals surface area contributed by atoms with Gasteiger partial charge in [0.05, 0.1) is 5.75 Å². The molecule has 1 aromatic rings. The van der Waals surface area contributed by atoms with E-state index in [0.717, 1.165) is 57.8 Å². The third kappa shape index (κ3) is 5.48. The molecular formula is C23H36N4O3S. The fraction of sp³-hybridized carbons (Fsp3) is 0.696. The summed E-state index contributed by atoms with van der Waals surface area (Å²) in [6.07, 6.45) is 2.31. The van der Waals surface area contributed by atoms with Crippen LogP contribution in [-0.4, -0.2) is 98.3 Å². The molecule has 0 spiro atoms. The molecule has 1 aromatic carbocycles. The maximum Gasteiger partial charge on any atom is 0.225 e. The highest BCUT2D eigenvalue weighted by Gasteiger charge is 2.37. The lowest BCUT2D eigenvalue weighted by Gasteiger charge is -2.37. The van der Waals surface area contributed by atoms with Gasteiger partial charge < -0.3 is 9.80 Å². The summed E-state index contributed by atoms with van der Waals surface area (Å²) in [6.45, 7) is 10.3. The Morgan fingerprint density at radius 2 is 1.61 bits per heavy atom. The first kappa shape index (κ1) is 22.7. The van der Waals surface area contributed by atoms with Gasteiger partial charge in [-0.3, -0.25) is 9.69 Å². The molecule has 1 amide bonds. The molecule has 7 nitrogen and oxygen atoms in total. The van der Waals surface area contributed by atoms with Crippen molar-refractivity contribution in [3.05, 3.63) is 35.9 Å². The van der Waals surface area contributed by atoms with Gasteiger partial charge in [0, 0.05) is 64.3 Å². The molecule has 4 rings (SSSR count). The number of rotatable bonds is 6. The summed E-state index contributed by atoms with van der Waals surface area (Å²) in [5.41, 5.74) is 0.809. The zero-order chi connectivity index (χ0) is 21.8. The van der Waals surface area contributed by atoms with Crippen molar-refractivity contribution in [2.24, 2.45) is 5.92 Å². The van der Waals surface area contributed by atoms with Crippen LogP contribution in [0.25, 0.3) is 0 Å². The molecule has 8 heteroatoms. The van der Waals surface area contributed by atoms with Gasteiger partial charge in [-0.25, -0.2) is 12.7 Å². The third-order valence-corrected chi connectivity index (χ3v) is 9.08. The SMILES string of the molecule is CCN1CCN(C2CCN(C(=O)C3CCN(S(=O)(=O)Cc4ccccc4)CC3)C2)CC1. The highest BCUT2D eigenvalue weighted by Crippen LogP contribution is 2.26. The second-order valence-electron chi connectivity index (χ2n) is 9.11. The minimum absolute atomic E-state index is 0.0333. The Hall–Kier alpha value is -1.48. The Kier molecular flexibility index (Phi) is 7.31. The van der Waals surface area contributed by atoms with Gasteiger partial charge in [-0.2, -0.15) is 0 Å². The number of likely N-dealkylation sites (N-methyl/N-ethyl adjacent to an activating group) is 1. The van der Waals surface area contributed by atoms with Crippen LogP contribution in [0.1, 0.15) is 31.7 Å². The van der Waals surface area contributed by atoms with E-state index in [0.29, 0.717) is 32.0 Å². The number of hydrogen-bond acceptors (Lipinski definition) is 5. The predicted octanol–water partition coefficient (Wildman–Crippen LogP) is 1.47. The molecule has 0 N–H and O–H groups in total. The number of nitrogens with zero attached hydrogens (tertiary/aromatic N) is 4. The molecule has 1 atom stereocenters. The number of benzene rings is 1. The van der Waals surface area contributed by atoms with E-state index in [1.807, 2.05) is 35.2 Å². The molecule has 0 bridgehead atoms. The zero-order valence-corrected chi connectivity index (χ0v) is 19.5. The van der Waals surface area contributed by atoms with Gasteiger partial charge in [0.2, 0.25) is 15.9 Å². The topological polar surface area (TPSA) is 64.2 Å². The van der Waals surface area contributed by atoms with Gasteiger partial charge in [-0.05, 0) is 31.4 Å². The van der Waals surface area contributed by atoms with Gasteiger partial charge in [-0.15, -0.1) is 0 Å². The molecule has 3 heterocycles. The van der Waals surface area contributed by atoms with Crippen molar-refractivity contribution in [2.45, 2.75) is 38.0 Å². The van der Waals surface area contributed by atoms with Crippen LogP contribution in [0.5, 0.6) is 0 Å². The van der Waals surface area contributed by atoms with Crippen LogP contribution >= 0.6 is 0 Å². The van der Waals surface area contributed by atoms with E-state index in [2.05, 4.69) is 16.7 Å². The van der Waals surface area contributed by atoms with E-state index in [4.69, 9.17) is 0 Å². The third-order valence-electron chi connectivity index (χ3n) is 7.23. The zero-order valence-electron chi connectivity index (χ0n) is 18.7. The van der Waals surface area contributed by atoms with Gasteiger partial charge in [-0.1, -0.05) is 37.3 Å². The minimum Gasteiger partial charge on any atom is -0.341 e. The monoisotopic (exact) mass is 448 g/mol. The Morgan fingerprint density at radius 3 is 2.26 bits per heavy atom. The quantitative estimate of drug-likeness (QED) is 0.659. The first-order valence-corrected chi connectivity index (χ1v) is 13.3. The molecule has 1 unspecified atom stereocenters. The van der Waals surface area contributed by atoms with Crippen LogP contribution in [0.2, 0.25) is 0 Å². The lowest BCUT2D eigenvalue weighted by molar-refractivity contribution is -0.135. The first-order valence-electron chi connectivity index (χ1n) is 11.7. The minimum atomic E-state index is -3.34. The molecule has 0 radical (unpaired) electrons. The number of sulfonamides is 1. The summed E-state index contributed by atoms with van der Waals surface area (Å²) in [4.78, 5) is 20.2. The molecule has 3 saturated heterocycles. The number of hydrogen-bond donors (Lipinski definition) is 0. The molecule has 172 valence electrons. The van der Waals surface area contributed by atoms with E-state index in [9.17, 15) is 13.2 Å². The molecule has 31 heavy (non-hydrogen) atoms. The Bertz CT molecular complexity index is 832. The first-order chi connectivity index (χ1) is 15.0. The number of carbonyl (C=O) groups excluding carboxylic acids is 1. The van der Waals surface area contributed by atoms with E-state index < -0.39 is 10.0 Å². The summed E-state index contributed by atoms with van der Waals surface area (Å²) in [5.74, 6) is 0.222. The van der Waals surface area contributed by atoms with Crippen molar-refractivity contribution >= 4 is 15.9 Å². The maximum atomic E-state index is 13.1. The molecule has 0 aliphatic carbocycles. The lowest BCUT2D eigenvalue weighted by Crippen LogP contribution is -2.51. The number of likely N-dealkylation sites (tertiary alicyclic amines) is 1. The summed E-state index contributed by atoms with van der Waals surface area (Å²) in [5, 5.41) is 0. The molecule has 3 aliphatic heterocycles. The van der Waals surface area contributed by atoms with Gasteiger partial charge in [0.1, 0.15) is 0 Å². The number of piperidine rings is 1. The van der Waals surface area contributed by atoms with Crippen LogP contribution in [0.15, 0.2) is 30.3 Å². The molecule has 0 saturated carbocycles. The summed E-state index contributed by atoms with van der Waals surface area (Å²) < 4.78 is 27.1. The lowest BCUT2D eigenvalue weighted by atomic mass is 9.96. The van der Waals surface area contributed by atoms with E-state index in [-0.39, 0.29) is 17.6 Å². The summed E-state index contributed by atoms with van der Waals surface area (Å²) >= 11 is 0. The molecule has 0 aromatic heterocycles. The Morgan fingerprint density at radius 1 is 0.935 bits per heavy atom. The Balaban J connectivity index is 1.25. The summed E-state index contributed by atoms with van der Waals surface area (Å²) in [7, 11) is -3.34. The smallest absolute Gasteiger partial charge is 0.225 e. The van der Waals surface area contributed by atoms with Crippen molar-refractivity contribution in [2.75, 3.05) is 58.9 Å². The van der Waals surface area contributed by atoms with Gasteiger partial charge in [0.25, 0.3) is 0 Å². The van der Waals surface area contributed by atoms with Crippen LogP contribution in [-0.2, 0) is 20.6 Å². The number of carbonyl (C=O) groups is 1. The predicted molar refractivity (Wildman–Crippen MR) is 122 cm³/mol. The van der Waals surface area contributed by atoms with Crippen molar-refractivity contribution in [3.8, 4) is 0 Å². The average molecular weight is 449 g/mol. The second kappa shape index (κ2) is 9.98. The van der Waals surface area contributed by atoms with Gasteiger partial charge in [0.15, 0.2) is 0 Å². The Labute approximate surface area is 187 Å². The standard InChI is InChI=1S/C23H36N4O3S/c1-2-24-14-16-25(17-15-24)22-10-11-26(18-22)23(28)21-8-12-27(13-9-21)31(29,30)19-20-6-4-3-5-7-20/h3-7,21-22H,2,8-19H2,1H3. The van der Waals surface area contributed by atoms with Crippen LogP contribution in [0.4, 0.5) is 0 Å². The fourth-order valence-electron chi connectivity index (χ4n) is 5.20. The van der Waals surface area contributed by atoms with Crippen LogP contribution in [0, 0.1) is 5.92 Å².